The lowest BCUT2D eigenvalue weighted by molar-refractivity contribution is -0.126. The molecule has 0 fully saturated rings. The first-order chi connectivity index (χ1) is 26.3. The molecule has 1 atom stereocenters. The van der Waals surface area contributed by atoms with E-state index < -0.39 is 17.6 Å². The van der Waals surface area contributed by atoms with Crippen LogP contribution in [0.2, 0.25) is 5.02 Å². The van der Waals surface area contributed by atoms with Crippen molar-refractivity contribution in [1.29, 1.82) is 0 Å². The van der Waals surface area contributed by atoms with Gasteiger partial charge in [0.2, 0.25) is 11.8 Å². The fourth-order valence-electron chi connectivity index (χ4n) is 6.54. The number of carbonyl (C=O) groups is 2. The second-order valence-electron chi connectivity index (χ2n) is 13.6. The Labute approximate surface area is 324 Å². The van der Waals surface area contributed by atoms with Gasteiger partial charge in [0.1, 0.15) is 28.4 Å². The number of H-pyrrole nitrogens is 1. The Morgan fingerprint density at radius 2 is 1.67 bits per heavy atom. The van der Waals surface area contributed by atoms with Crippen molar-refractivity contribution in [2.75, 3.05) is 6.54 Å². The van der Waals surface area contributed by atoms with E-state index in [1.807, 2.05) is 49.6 Å². The van der Waals surface area contributed by atoms with Crippen LogP contribution in [-0.2, 0) is 16.1 Å². The summed E-state index contributed by atoms with van der Waals surface area (Å²) >= 11 is 7.83. The van der Waals surface area contributed by atoms with E-state index in [-0.39, 0.29) is 54.2 Å². The Kier molecular flexibility index (Phi) is 10.2. The van der Waals surface area contributed by atoms with Gasteiger partial charge in [-0.25, -0.2) is 14.5 Å². The summed E-state index contributed by atoms with van der Waals surface area (Å²) in [7, 11) is 0. The number of amides is 2. The van der Waals surface area contributed by atoms with Crippen LogP contribution in [-0.4, -0.2) is 63.8 Å². The largest absolute Gasteiger partial charge is 0.508 e. The maximum Gasteiger partial charge on any atom is 0.348 e. The minimum Gasteiger partial charge on any atom is -0.508 e. The number of phenols is 2. The molecular weight excluding hydrogens is 742 g/mol. The zero-order valence-electron chi connectivity index (χ0n) is 30.6. The van der Waals surface area contributed by atoms with Gasteiger partial charge in [-0.1, -0.05) is 49.7 Å². The summed E-state index contributed by atoms with van der Waals surface area (Å²) in [5.74, 6) is 0.305. The van der Waals surface area contributed by atoms with Gasteiger partial charge >= 0.3 is 5.69 Å². The van der Waals surface area contributed by atoms with E-state index in [1.165, 1.54) is 10.6 Å². The lowest BCUT2D eigenvalue weighted by Crippen LogP contribution is -2.37. The molecular formula is C39H38ClN9O5S. The van der Waals surface area contributed by atoms with E-state index in [0.717, 1.165) is 37.8 Å². The van der Waals surface area contributed by atoms with Gasteiger partial charge in [-0.05, 0) is 73.7 Å². The number of nitrogens with zero attached hydrogens (tertiary/aromatic N) is 6. The summed E-state index contributed by atoms with van der Waals surface area (Å²) in [6, 6.07) is 16.5. The molecule has 16 heteroatoms. The maximum absolute atomic E-state index is 13.3. The maximum atomic E-state index is 13.3. The first-order valence-electron chi connectivity index (χ1n) is 17.5. The molecule has 0 saturated carbocycles. The number of halogens is 1. The highest BCUT2D eigenvalue weighted by molar-refractivity contribution is 7.15. The molecule has 55 heavy (non-hydrogen) atoms. The van der Waals surface area contributed by atoms with Crippen LogP contribution in [0.4, 0.5) is 0 Å². The van der Waals surface area contributed by atoms with Crippen LogP contribution < -0.4 is 16.3 Å². The predicted octanol–water partition coefficient (Wildman–Crippen LogP) is 5.70. The van der Waals surface area contributed by atoms with E-state index in [1.54, 1.807) is 41.7 Å². The number of rotatable bonds is 10. The van der Waals surface area contributed by atoms with Crippen molar-refractivity contribution in [3.63, 3.8) is 0 Å². The predicted molar refractivity (Wildman–Crippen MR) is 210 cm³/mol. The number of phenolic OH excluding ortho intramolecular Hbond substituents is 2. The lowest BCUT2D eigenvalue weighted by atomic mass is 9.98. The third kappa shape index (κ3) is 7.27. The molecule has 0 unspecified atom stereocenters. The Balaban J connectivity index is 1.02. The molecule has 3 aromatic heterocycles. The summed E-state index contributed by atoms with van der Waals surface area (Å²) < 4.78 is 3.28. The van der Waals surface area contributed by atoms with Gasteiger partial charge in [0, 0.05) is 33.6 Å². The molecule has 1 aliphatic heterocycles. The highest BCUT2D eigenvalue weighted by Crippen LogP contribution is 2.40. The minimum absolute atomic E-state index is 0.0396. The Morgan fingerprint density at radius 3 is 2.38 bits per heavy atom. The highest BCUT2D eigenvalue weighted by atomic mass is 35.5. The van der Waals surface area contributed by atoms with Crippen molar-refractivity contribution in [2.24, 2.45) is 4.99 Å². The lowest BCUT2D eigenvalue weighted by Gasteiger charge is -2.14. The SMILES string of the molecule is Cc1sc2c(c1C)C(c1ccc(Cl)cc1)=N[C@@H](CC(=O)NCC(=O)NCc1ccc(-n3c(-c4cc(C(C)C)c(O)cc4O)n[nH]c3=O)cc1)c1nnc(C)n1-2. The summed E-state index contributed by atoms with van der Waals surface area (Å²) in [5, 5.41) is 43.3. The quantitative estimate of drug-likeness (QED) is 0.117. The van der Waals surface area contributed by atoms with Crippen LogP contribution in [0.15, 0.2) is 70.5 Å². The number of aryl methyl sites for hydroxylation is 2. The van der Waals surface area contributed by atoms with E-state index in [2.05, 4.69) is 44.9 Å². The molecule has 0 aliphatic carbocycles. The number of hydrogen-bond acceptors (Lipinski definition) is 10. The van der Waals surface area contributed by atoms with Crippen molar-refractivity contribution >= 4 is 40.5 Å². The van der Waals surface area contributed by atoms with Gasteiger partial charge in [-0.15, -0.1) is 21.5 Å². The number of thiophene rings is 1. The highest BCUT2D eigenvalue weighted by Gasteiger charge is 2.32. The van der Waals surface area contributed by atoms with Crippen molar-refractivity contribution < 1.29 is 19.8 Å². The number of aliphatic imine (C=N–C) groups is 1. The number of aromatic amines is 1. The van der Waals surface area contributed by atoms with Crippen LogP contribution in [0.1, 0.15) is 76.6 Å². The average Bonchev–Trinajstić information content (AvgIpc) is 3.79. The fraction of sp³-hybridized carbons (Fsp3) is 0.256. The average molecular weight is 780 g/mol. The first-order valence-corrected chi connectivity index (χ1v) is 18.7. The van der Waals surface area contributed by atoms with Crippen molar-refractivity contribution in [1.82, 2.24) is 40.2 Å². The molecule has 5 N–H and O–H groups in total. The number of aromatic nitrogens is 6. The van der Waals surface area contributed by atoms with Crippen LogP contribution in [0.3, 0.4) is 0 Å². The summed E-state index contributed by atoms with van der Waals surface area (Å²) in [6.07, 6.45) is -0.0625. The molecule has 4 heterocycles. The molecule has 1 aliphatic rings. The van der Waals surface area contributed by atoms with Gasteiger partial charge < -0.3 is 20.8 Å². The summed E-state index contributed by atoms with van der Waals surface area (Å²) in [6.45, 7) is 9.71. The minimum atomic E-state index is -0.675. The number of hydrogen-bond donors (Lipinski definition) is 5. The second kappa shape index (κ2) is 15.0. The van der Waals surface area contributed by atoms with Gasteiger partial charge in [-0.3, -0.25) is 19.1 Å². The molecule has 6 aromatic rings. The Bertz CT molecular complexity index is 2530. The first kappa shape index (κ1) is 37.3. The van der Waals surface area contributed by atoms with E-state index in [4.69, 9.17) is 16.6 Å². The molecule has 0 spiro atoms. The zero-order valence-corrected chi connectivity index (χ0v) is 32.2. The summed E-state index contributed by atoms with van der Waals surface area (Å²) in [4.78, 5) is 45.2. The molecule has 282 valence electrons. The number of nitrogens with one attached hydrogen (secondary N) is 3. The number of fused-ring (bicyclic) bond motifs is 3. The monoisotopic (exact) mass is 779 g/mol. The van der Waals surface area contributed by atoms with Crippen molar-refractivity contribution in [3.05, 3.63) is 121 Å². The Hall–Kier alpha value is -6.06. The topological polar surface area (TPSA) is 192 Å². The van der Waals surface area contributed by atoms with Gasteiger partial charge in [0.15, 0.2) is 11.6 Å². The molecule has 2 amide bonds. The van der Waals surface area contributed by atoms with Gasteiger partial charge in [-0.2, -0.15) is 5.10 Å². The molecule has 0 bridgehead atoms. The van der Waals surface area contributed by atoms with E-state index in [0.29, 0.717) is 27.9 Å². The molecule has 0 radical (unpaired) electrons. The Morgan fingerprint density at radius 1 is 0.945 bits per heavy atom. The zero-order chi connectivity index (χ0) is 39.1. The number of aromatic hydroxyl groups is 2. The summed E-state index contributed by atoms with van der Waals surface area (Å²) in [5.41, 5.74) is 5.20. The molecule has 14 nitrogen and oxygen atoms in total. The van der Waals surface area contributed by atoms with Crippen molar-refractivity contribution in [2.45, 2.75) is 59.5 Å². The molecule has 3 aromatic carbocycles. The van der Waals surface area contributed by atoms with Gasteiger partial charge in [0.05, 0.1) is 29.9 Å². The molecule has 0 saturated heterocycles. The number of carbonyl (C=O) groups excluding carboxylic acids is 2. The van der Waals surface area contributed by atoms with Crippen LogP contribution in [0.5, 0.6) is 11.5 Å². The third-order valence-corrected chi connectivity index (χ3v) is 11.0. The fourth-order valence-corrected chi connectivity index (χ4v) is 7.88. The number of benzene rings is 3. The van der Waals surface area contributed by atoms with Crippen LogP contribution >= 0.6 is 22.9 Å². The van der Waals surface area contributed by atoms with Crippen LogP contribution in [0, 0.1) is 20.8 Å². The normalized spacial score (nSPS) is 13.6. The van der Waals surface area contributed by atoms with E-state index in [9.17, 15) is 24.6 Å². The molecule has 7 rings (SSSR count). The third-order valence-electron chi connectivity index (χ3n) is 9.55. The standard InChI is InChI=1S/C39H38ClN9O5S/c1-19(2)27-14-28(31(51)16-30(27)50)36-45-47-39(54)49(36)26-12-6-23(7-13-26)17-41-33(53)18-42-32(52)15-29-37-46-44-22(5)48(37)38-34(20(3)21(4)55-38)35(43-29)24-8-10-25(40)11-9-24/h6-14,16,19,29,50-51H,15,17-18H2,1-5H3,(H,41,53)(H,42,52)(H,47,54)/t29-/m0/s1. The smallest absolute Gasteiger partial charge is 0.348 e. The second-order valence-corrected chi connectivity index (χ2v) is 15.2. The van der Waals surface area contributed by atoms with E-state index >= 15 is 0 Å². The van der Waals surface area contributed by atoms with Crippen LogP contribution in [0.25, 0.3) is 22.1 Å². The van der Waals surface area contributed by atoms with Gasteiger partial charge in [0.25, 0.3) is 0 Å². The van der Waals surface area contributed by atoms with Crippen molar-refractivity contribution in [3.8, 4) is 33.6 Å².